The molecule has 2 heterocycles. The average Bonchev–Trinajstić information content (AvgIpc) is 2.76. The van der Waals surface area contributed by atoms with E-state index in [2.05, 4.69) is 9.97 Å². The highest BCUT2D eigenvalue weighted by molar-refractivity contribution is 7.15. The maximum absolute atomic E-state index is 9.14. The Morgan fingerprint density at radius 2 is 1.95 bits per heavy atom. The minimum atomic E-state index is 0.0604. The summed E-state index contributed by atoms with van der Waals surface area (Å²) in [6.07, 6.45) is 0. The Balaban J connectivity index is 2.14. The topological polar surface area (TPSA) is 46.0 Å². The van der Waals surface area contributed by atoms with Crippen molar-refractivity contribution in [3.05, 3.63) is 46.6 Å². The maximum atomic E-state index is 9.14. The molecular formula is C15H14N2OS. The van der Waals surface area contributed by atoms with E-state index >= 15 is 0 Å². The largest absolute Gasteiger partial charge is 0.392 e. The number of aromatic nitrogens is 2. The molecule has 3 rings (SSSR count). The van der Waals surface area contributed by atoms with Crippen molar-refractivity contribution >= 4 is 22.2 Å². The molecular weight excluding hydrogens is 256 g/mol. The van der Waals surface area contributed by atoms with E-state index in [1.54, 1.807) is 11.3 Å². The lowest BCUT2D eigenvalue weighted by Crippen LogP contribution is -1.88. The van der Waals surface area contributed by atoms with Crippen molar-refractivity contribution in [2.24, 2.45) is 0 Å². The van der Waals surface area contributed by atoms with E-state index < -0.39 is 0 Å². The minimum absolute atomic E-state index is 0.0604. The molecule has 0 radical (unpaired) electrons. The predicted molar refractivity (Wildman–Crippen MR) is 78.2 cm³/mol. The summed E-state index contributed by atoms with van der Waals surface area (Å²) in [5, 5.41) is 11.3. The van der Waals surface area contributed by atoms with Gasteiger partial charge in [-0.05, 0) is 37.6 Å². The predicted octanol–water partition coefficient (Wildman–Crippen LogP) is 3.47. The van der Waals surface area contributed by atoms with Gasteiger partial charge in [0.2, 0.25) is 0 Å². The van der Waals surface area contributed by atoms with Crippen LogP contribution in [0.2, 0.25) is 0 Å². The van der Waals surface area contributed by atoms with Gasteiger partial charge in [0.05, 0.1) is 33.4 Å². The highest BCUT2D eigenvalue weighted by Crippen LogP contribution is 2.29. The highest BCUT2D eigenvalue weighted by Gasteiger charge is 2.09. The van der Waals surface area contributed by atoms with Crippen LogP contribution in [-0.4, -0.2) is 15.1 Å². The Labute approximate surface area is 115 Å². The van der Waals surface area contributed by atoms with Crippen molar-refractivity contribution in [1.29, 1.82) is 0 Å². The second-order valence-corrected chi connectivity index (χ2v) is 5.73. The van der Waals surface area contributed by atoms with Crippen LogP contribution in [0.1, 0.15) is 16.3 Å². The normalized spacial score (nSPS) is 11.1. The van der Waals surface area contributed by atoms with Crippen molar-refractivity contribution in [3.63, 3.8) is 0 Å². The molecule has 2 aromatic heterocycles. The first-order chi connectivity index (χ1) is 9.17. The van der Waals surface area contributed by atoms with E-state index in [4.69, 9.17) is 5.11 Å². The van der Waals surface area contributed by atoms with Crippen molar-refractivity contribution in [2.75, 3.05) is 0 Å². The van der Waals surface area contributed by atoms with Crippen molar-refractivity contribution in [2.45, 2.75) is 20.5 Å². The Bertz CT molecular complexity index is 749. The highest BCUT2D eigenvalue weighted by atomic mass is 32.1. The first kappa shape index (κ1) is 12.3. The molecule has 0 unspecified atom stereocenters. The van der Waals surface area contributed by atoms with Crippen LogP contribution >= 0.6 is 11.3 Å². The number of fused-ring (bicyclic) bond motifs is 1. The second-order valence-electron chi connectivity index (χ2n) is 4.53. The van der Waals surface area contributed by atoms with Gasteiger partial charge < -0.3 is 5.11 Å². The number of hydrogen-bond acceptors (Lipinski definition) is 4. The van der Waals surface area contributed by atoms with Crippen molar-refractivity contribution in [3.8, 4) is 10.6 Å². The second kappa shape index (κ2) is 4.72. The summed E-state index contributed by atoms with van der Waals surface area (Å²) >= 11 is 1.67. The molecule has 0 saturated heterocycles. The summed E-state index contributed by atoms with van der Waals surface area (Å²) < 4.78 is 0. The molecule has 1 N–H and O–H groups in total. The fourth-order valence-electron chi connectivity index (χ4n) is 2.17. The molecule has 0 amide bonds. The number of nitrogens with zero attached hydrogens (tertiary/aromatic N) is 2. The third kappa shape index (κ3) is 2.25. The van der Waals surface area contributed by atoms with Crippen molar-refractivity contribution in [1.82, 2.24) is 9.97 Å². The molecule has 0 atom stereocenters. The van der Waals surface area contributed by atoms with Crippen LogP contribution < -0.4 is 0 Å². The van der Waals surface area contributed by atoms with E-state index in [-0.39, 0.29) is 6.61 Å². The summed E-state index contributed by atoms with van der Waals surface area (Å²) in [5.41, 5.74) is 3.85. The fourth-order valence-corrected chi connectivity index (χ4v) is 3.06. The number of benzene rings is 1. The maximum Gasteiger partial charge on any atom is 0.0904 e. The van der Waals surface area contributed by atoms with Crippen LogP contribution in [0, 0.1) is 13.8 Å². The van der Waals surface area contributed by atoms with E-state index in [1.807, 2.05) is 44.2 Å². The Morgan fingerprint density at radius 1 is 1.11 bits per heavy atom. The first-order valence-corrected chi connectivity index (χ1v) is 6.94. The molecule has 0 saturated carbocycles. The number of rotatable bonds is 2. The molecule has 0 spiro atoms. The molecule has 0 aliphatic heterocycles. The standard InChI is InChI=1S/C15H14N2OS/c1-9-15(19-10(2)16-9)14-6-4-12-7-11(8-18)3-5-13(12)17-14/h3-7,18H,8H2,1-2H3. The molecule has 96 valence electrons. The van der Waals surface area contributed by atoms with Gasteiger partial charge in [0.1, 0.15) is 0 Å². The fraction of sp³-hybridized carbons (Fsp3) is 0.200. The molecule has 4 heteroatoms. The van der Waals surface area contributed by atoms with Gasteiger partial charge >= 0.3 is 0 Å². The number of thiazole rings is 1. The Morgan fingerprint density at radius 3 is 2.63 bits per heavy atom. The van der Waals surface area contributed by atoms with Crippen LogP contribution in [-0.2, 0) is 6.61 Å². The number of pyridine rings is 1. The van der Waals surface area contributed by atoms with E-state index in [0.29, 0.717) is 0 Å². The lowest BCUT2D eigenvalue weighted by Gasteiger charge is -2.03. The Kier molecular flexibility index (Phi) is 3.05. The molecule has 0 fully saturated rings. The SMILES string of the molecule is Cc1nc(C)c(-c2ccc3cc(CO)ccc3n2)s1. The van der Waals surface area contributed by atoms with Gasteiger partial charge in [0, 0.05) is 5.39 Å². The van der Waals surface area contributed by atoms with Gasteiger partial charge in [0.25, 0.3) is 0 Å². The monoisotopic (exact) mass is 270 g/mol. The zero-order valence-corrected chi connectivity index (χ0v) is 11.7. The van der Waals surface area contributed by atoms with Crippen LogP contribution in [0.5, 0.6) is 0 Å². The third-order valence-electron chi connectivity index (χ3n) is 3.07. The van der Waals surface area contributed by atoms with Gasteiger partial charge in [0.15, 0.2) is 0 Å². The zero-order chi connectivity index (χ0) is 13.4. The number of aryl methyl sites for hydroxylation is 2. The summed E-state index contributed by atoms with van der Waals surface area (Å²) in [6.45, 7) is 4.08. The summed E-state index contributed by atoms with van der Waals surface area (Å²) in [4.78, 5) is 10.3. The van der Waals surface area contributed by atoms with Crippen LogP contribution in [0.25, 0.3) is 21.5 Å². The number of aliphatic hydroxyl groups excluding tert-OH is 1. The van der Waals surface area contributed by atoms with E-state index in [9.17, 15) is 0 Å². The van der Waals surface area contributed by atoms with Gasteiger partial charge in [-0.2, -0.15) is 0 Å². The summed E-state index contributed by atoms with van der Waals surface area (Å²) in [7, 11) is 0. The van der Waals surface area contributed by atoms with Crippen molar-refractivity contribution < 1.29 is 5.11 Å². The van der Waals surface area contributed by atoms with E-state index in [1.165, 1.54) is 0 Å². The number of aliphatic hydroxyl groups is 1. The van der Waals surface area contributed by atoms with Gasteiger partial charge in [-0.3, -0.25) is 0 Å². The molecule has 3 nitrogen and oxygen atoms in total. The van der Waals surface area contributed by atoms with Crippen LogP contribution in [0.15, 0.2) is 30.3 Å². The van der Waals surface area contributed by atoms with Crippen LogP contribution in [0.4, 0.5) is 0 Å². The number of hydrogen-bond donors (Lipinski definition) is 1. The van der Waals surface area contributed by atoms with Gasteiger partial charge in [-0.25, -0.2) is 9.97 Å². The molecule has 19 heavy (non-hydrogen) atoms. The summed E-state index contributed by atoms with van der Waals surface area (Å²) in [6, 6.07) is 9.89. The lowest BCUT2D eigenvalue weighted by molar-refractivity contribution is 0.282. The van der Waals surface area contributed by atoms with Gasteiger partial charge in [-0.1, -0.05) is 12.1 Å². The van der Waals surface area contributed by atoms with Crippen LogP contribution in [0.3, 0.4) is 0 Å². The summed E-state index contributed by atoms with van der Waals surface area (Å²) in [5.74, 6) is 0. The molecule has 1 aromatic carbocycles. The molecule has 3 aromatic rings. The quantitative estimate of drug-likeness (QED) is 0.775. The third-order valence-corrected chi connectivity index (χ3v) is 4.17. The Hall–Kier alpha value is -1.78. The van der Waals surface area contributed by atoms with Gasteiger partial charge in [-0.15, -0.1) is 11.3 Å². The molecule has 0 aliphatic rings. The first-order valence-electron chi connectivity index (χ1n) is 6.12. The average molecular weight is 270 g/mol. The smallest absolute Gasteiger partial charge is 0.0904 e. The molecule has 0 aliphatic carbocycles. The zero-order valence-electron chi connectivity index (χ0n) is 10.8. The molecule has 0 bridgehead atoms. The lowest BCUT2D eigenvalue weighted by atomic mass is 10.1. The minimum Gasteiger partial charge on any atom is -0.392 e. The van der Waals surface area contributed by atoms with E-state index in [0.717, 1.165) is 37.7 Å².